The Morgan fingerprint density at radius 3 is 2.76 bits per heavy atom. The standard InChI is InChI=1S/C12H11BrN2O4S2/c1-7-3-2-4-8(15-7)6-14-21(18,19)10-5-9(12(16)17)20-11(10)13/h2-5,14H,6H2,1H3,(H,16,17). The Morgan fingerprint density at radius 1 is 1.48 bits per heavy atom. The molecule has 0 aliphatic carbocycles. The summed E-state index contributed by atoms with van der Waals surface area (Å²) >= 11 is 3.94. The summed E-state index contributed by atoms with van der Waals surface area (Å²) in [4.78, 5) is 14.9. The summed E-state index contributed by atoms with van der Waals surface area (Å²) in [6.45, 7) is 1.85. The van der Waals surface area contributed by atoms with Crippen LogP contribution < -0.4 is 4.72 Å². The fourth-order valence-corrected chi connectivity index (χ4v) is 4.99. The number of sulfonamides is 1. The summed E-state index contributed by atoms with van der Waals surface area (Å²) < 4.78 is 27.0. The predicted molar refractivity (Wildman–Crippen MR) is 82.0 cm³/mol. The lowest BCUT2D eigenvalue weighted by atomic mass is 10.3. The third-order valence-electron chi connectivity index (χ3n) is 2.55. The first-order valence-corrected chi connectivity index (χ1v) is 8.83. The van der Waals surface area contributed by atoms with Gasteiger partial charge in [0.1, 0.15) is 9.77 Å². The fourth-order valence-electron chi connectivity index (χ4n) is 1.59. The highest BCUT2D eigenvalue weighted by Gasteiger charge is 2.23. The molecule has 0 fully saturated rings. The maximum Gasteiger partial charge on any atom is 0.345 e. The summed E-state index contributed by atoms with van der Waals surface area (Å²) in [5.74, 6) is -1.16. The smallest absolute Gasteiger partial charge is 0.345 e. The lowest BCUT2D eigenvalue weighted by Crippen LogP contribution is -2.23. The lowest BCUT2D eigenvalue weighted by Gasteiger charge is -2.05. The van der Waals surface area contributed by atoms with Gasteiger partial charge in [-0.05, 0) is 41.1 Å². The lowest BCUT2D eigenvalue weighted by molar-refractivity contribution is 0.0702. The average molecular weight is 391 g/mol. The predicted octanol–water partition coefficient (Wildman–Crippen LogP) is 2.39. The number of hydrogen-bond donors (Lipinski definition) is 2. The maximum absolute atomic E-state index is 12.2. The number of nitrogens with one attached hydrogen (secondary N) is 1. The molecule has 2 aromatic heterocycles. The van der Waals surface area contributed by atoms with Crippen molar-refractivity contribution >= 4 is 43.3 Å². The molecule has 0 saturated carbocycles. The van der Waals surface area contributed by atoms with Gasteiger partial charge in [0.15, 0.2) is 0 Å². The number of aromatic carboxylic acids is 1. The topological polar surface area (TPSA) is 96.4 Å². The first kappa shape index (κ1) is 16.1. The van der Waals surface area contributed by atoms with Crippen molar-refractivity contribution in [1.29, 1.82) is 0 Å². The van der Waals surface area contributed by atoms with Gasteiger partial charge in [0.25, 0.3) is 0 Å². The summed E-state index contributed by atoms with van der Waals surface area (Å²) in [7, 11) is -3.80. The zero-order valence-corrected chi connectivity index (χ0v) is 14.0. The second-order valence-electron chi connectivity index (χ2n) is 4.15. The summed E-state index contributed by atoms with van der Waals surface area (Å²) in [5.41, 5.74) is 1.37. The van der Waals surface area contributed by atoms with Crippen molar-refractivity contribution in [2.24, 2.45) is 0 Å². The molecule has 21 heavy (non-hydrogen) atoms. The number of aryl methyl sites for hydroxylation is 1. The number of thiophene rings is 1. The number of carboxylic acids is 1. The van der Waals surface area contributed by atoms with Crippen LogP contribution in [-0.4, -0.2) is 24.5 Å². The highest BCUT2D eigenvalue weighted by atomic mass is 79.9. The number of aromatic nitrogens is 1. The van der Waals surface area contributed by atoms with Crippen molar-refractivity contribution in [2.45, 2.75) is 18.4 Å². The van der Waals surface area contributed by atoms with E-state index in [9.17, 15) is 13.2 Å². The molecule has 2 rings (SSSR count). The van der Waals surface area contributed by atoms with Crippen molar-refractivity contribution in [2.75, 3.05) is 0 Å². The van der Waals surface area contributed by atoms with Crippen molar-refractivity contribution < 1.29 is 18.3 Å². The zero-order chi connectivity index (χ0) is 15.6. The molecule has 2 aromatic rings. The number of nitrogens with zero attached hydrogens (tertiary/aromatic N) is 1. The van der Waals surface area contributed by atoms with Crippen LogP contribution in [0.1, 0.15) is 21.1 Å². The molecule has 2 N–H and O–H groups in total. The van der Waals surface area contributed by atoms with Crippen LogP contribution in [0.15, 0.2) is 32.9 Å². The summed E-state index contributed by atoms with van der Waals surface area (Å²) in [6.07, 6.45) is 0. The Bertz CT molecular complexity index is 786. The minimum Gasteiger partial charge on any atom is -0.477 e. The van der Waals surface area contributed by atoms with Gasteiger partial charge in [0.2, 0.25) is 10.0 Å². The van der Waals surface area contributed by atoms with Crippen LogP contribution in [-0.2, 0) is 16.6 Å². The van der Waals surface area contributed by atoms with E-state index in [4.69, 9.17) is 5.11 Å². The summed E-state index contributed by atoms with van der Waals surface area (Å²) in [5, 5.41) is 8.89. The van der Waals surface area contributed by atoms with Gasteiger partial charge in [-0.1, -0.05) is 6.07 Å². The fraction of sp³-hybridized carbons (Fsp3) is 0.167. The highest BCUT2D eigenvalue weighted by Crippen LogP contribution is 2.31. The van der Waals surface area contributed by atoms with Crippen molar-refractivity contribution in [3.63, 3.8) is 0 Å². The van der Waals surface area contributed by atoms with Crippen LogP contribution in [0.2, 0.25) is 0 Å². The van der Waals surface area contributed by atoms with Crippen molar-refractivity contribution in [3.05, 3.63) is 44.3 Å². The molecule has 0 aliphatic rings. The Balaban J connectivity index is 2.21. The quantitative estimate of drug-likeness (QED) is 0.816. The molecule has 0 amide bonds. The summed E-state index contributed by atoms with van der Waals surface area (Å²) in [6, 6.07) is 6.44. The second kappa shape index (κ2) is 6.22. The van der Waals surface area contributed by atoms with Gasteiger partial charge in [-0.2, -0.15) is 0 Å². The number of halogens is 1. The molecule has 6 nitrogen and oxygen atoms in total. The van der Waals surface area contributed by atoms with Crippen LogP contribution in [0, 0.1) is 6.92 Å². The van der Waals surface area contributed by atoms with E-state index in [1.165, 1.54) is 0 Å². The molecule has 0 aromatic carbocycles. The second-order valence-corrected chi connectivity index (χ2v) is 8.25. The number of carbonyl (C=O) groups is 1. The molecule has 0 radical (unpaired) electrons. The van der Waals surface area contributed by atoms with E-state index in [1.54, 1.807) is 12.1 Å². The molecule has 0 atom stereocenters. The average Bonchev–Trinajstić information content (AvgIpc) is 2.80. The van der Waals surface area contributed by atoms with Crippen LogP contribution in [0.5, 0.6) is 0 Å². The molecular formula is C12H11BrN2O4S2. The molecule has 112 valence electrons. The monoisotopic (exact) mass is 390 g/mol. The molecule has 2 heterocycles. The number of pyridine rings is 1. The molecule has 0 aliphatic heterocycles. The van der Waals surface area contributed by atoms with E-state index < -0.39 is 16.0 Å². The first-order valence-electron chi connectivity index (χ1n) is 5.74. The molecule has 9 heteroatoms. The third kappa shape index (κ3) is 3.88. The van der Waals surface area contributed by atoms with E-state index in [2.05, 4.69) is 25.6 Å². The Labute approximate surface area is 134 Å². The van der Waals surface area contributed by atoms with Gasteiger partial charge in [-0.3, -0.25) is 4.98 Å². The third-order valence-corrected chi connectivity index (χ3v) is 6.19. The van der Waals surface area contributed by atoms with Gasteiger partial charge in [-0.25, -0.2) is 17.9 Å². The van der Waals surface area contributed by atoms with Gasteiger partial charge < -0.3 is 5.11 Å². The molecular weight excluding hydrogens is 380 g/mol. The van der Waals surface area contributed by atoms with Gasteiger partial charge >= 0.3 is 5.97 Å². The van der Waals surface area contributed by atoms with Gasteiger partial charge in [0.05, 0.1) is 16.0 Å². The van der Waals surface area contributed by atoms with Crippen molar-refractivity contribution in [3.8, 4) is 0 Å². The largest absolute Gasteiger partial charge is 0.477 e. The van der Waals surface area contributed by atoms with E-state index >= 15 is 0 Å². The van der Waals surface area contributed by atoms with Crippen LogP contribution >= 0.6 is 27.3 Å². The Hall–Kier alpha value is -1.29. The van der Waals surface area contributed by atoms with Crippen LogP contribution in [0.3, 0.4) is 0 Å². The van der Waals surface area contributed by atoms with E-state index in [-0.39, 0.29) is 20.1 Å². The first-order chi connectivity index (χ1) is 9.79. The van der Waals surface area contributed by atoms with E-state index in [0.717, 1.165) is 23.1 Å². The van der Waals surface area contributed by atoms with E-state index in [1.807, 2.05) is 13.0 Å². The Morgan fingerprint density at radius 2 is 2.19 bits per heavy atom. The minimum absolute atomic E-state index is 0.0364. The molecule has 0 bridgehead atoms. The van der Waals surface area contributed by atoms with Gasteiger partial charge in [-0.15, -0.1) is 11.3 Å². The van der Waals surface area contributed by atoms with Crippen LogP contribution in [0.4, 0.5) is 0 Å². The number of carboxylic acid groups (broad SMARTS) is 1. The zero-order valence-electron chi connectivity index (χ0n) is 10.8. The maximum atomic E-state index is 12.2. The normalized spacial score (nSPS) is 11.5. The minimum atomic E-state index is -3.80. The molecule has 0 saturated heterocycles. The molecule has 0 unspecified atom stereocenters. The van der Waals surface area contributed by atoms with Gasteiger partial charge in [0, 0.05) is 5.69 Å². The van der Waals surface area contributed by atoms with E-state index in [0.29, 0.717) is 5.69 Å². The highest BCUT2D eigenvalue weighted by molar-refractivity contribution is 9.11. The van der Waals surface area contributed by atoms with Crippen LogP contribution in [0.25, 0.3) is 0 Å². The molecule has 0 spiro atoms. The Kier molecular flexibility index (Phi) is 4.77. The van der Waals surface area contributed by atoms with Crippen molar-refractivity contribution in [1.82, 2.24) is 9.71 Å². The SMILES string of the molecule is Cc1cccc(CNS(=O)(=O)c2cc(C(=O)O)sc2Br)n1. The number of hydrogen-bond acceptors (Lipinski definition) is 5. The number of rotatable bonds is 5.